The first kappa shape index (κ1) is 25.0. The van der Waals surface area contributed by atoms with Gasteiger partial charge >= 0.3 is 0 Å². The molecule has 1 fully saturated rings. The number of halogens is 1. The van der Waals surface area contributed by atoms with E-state index in [0.29, 0.717) is 6.61 Å². The van der Waals surface area contributed by atoms with Crippen molar-refractivity contribution in [1.82, 2.24) is 5.32 Å². The number of hydrogen-bond donors (Lipinski definition) is 1. The maximum atomic E-state index is 11.5. The Hall–Kier alpha value is -0.0700. The van der Waals surface area contributed by atoms with Crippen LogP contribution in [0.2, 0.25) is 0 Å². The lowest BCUT2D eigenvalue weighted by Gasteiger charge is -2.16. The maximum absolute atomic E-state index is 11.5. The average Bonchev–Trinajstić information content (AvgIpc) is 2.86. The Bertz CT molecular complexity index is 499. The topological polar surface area (TPSA) is 55.4 Å². The molecule has 160 valence electrons. The molecule has 7 heteroatoms. The van der Waals surface area contributed by atoms with E-state index in [0.717, 1.165) is 12.8 Å². The first-order chi connectivity index (χ1) is 12.9. The Morgan fingerprint density at radius 2 is 1.41 bits per heavy atom. The first-order valence-electron chi connectivity index (χ1n) is 10.7. The van der Waals surface area contributed by atoms with Gasteiger partial charge in [-0.25, -0.2) is 8.42 Å². The standard InChI is InChI=1S/C20H38ClNO3S2/c1-2-3-4-5-6-7-8-9-10-11-12-13-14-15-25-20(26)22-19-17-27(23,24)16-18(19)21/h18-19H,2-17H2,1H3,(H,22,26). The third kappa shape index (κ3) is 12.9. The van der Waals surface area contributed by atoms with E-state index in [-0.39, 0.29) is 22.7 Å². The smallest absolute Gasteiger partial charge is 0.256 e. The molecule has 1 aliphatic heterocycles. The molecule has 0 aromatic carbocycles. The summed E-state index contributed by atoms with van der Waals surface area (Å²) in [7, 11) is -3.05. The van der Waals surface area contributed by atoms with E-state index in [9.17, 15) is 8.42 Å². The highest BCUT2D eigenvalue weighted by molar-refractivity contribution is 7.91. The third-order valence-electron chi connectivity index (χ3n) is 5.07. The first-order valence-corrected chi connectivity index (χ1v) is 13.4. The van der Waals surface area contributed by atoms with Crippen LogP contribution in [0.5, 0.6) is 0 Å². The second kappa shape index (κ2) is 14.9. The molecular formula is C20H38ClNO3S2. The highest BCUT2D eigenvalue weighted by Crippen LogP contribution is 2.18. The zero-order valence-corrected chi connectivity index (χ0v) is 19.3. The molecule has 2 unspecified atom stereocenters. The van der Waals surface area contributed by atoms with Crippen LogP contribution in [0.25, 0.3) is 0 Å². The molecule has 1 rings (SSSR count). The van der Waals surface area contributed by atoms with Gasteiger partial charge in [0.1, 0.15) is 0 Å². The lowest BCUT2D eigenvalue weighted by atomic mass is 10.0. The van der Waals surface area contributed by atoms with Gasteiger partial charge in [-0.1, -0.05) is 84.0 Å². The van der Waals surface area contributed by atoms with Crippen molar-refractivity contribution in [1.29, 1.82) is 0 Å². The minimum absolute atomic E-state index is 0.00763. The average molecular weight is 440 g/mol. The van der Waals surface area contributed by atoms with E-state index in [1.807, 2.05) is 0 Å². The Balaban J connectivity index is 1.85. The number of hydrogen-bond acceptors (Lipinski definition) is 4. The van der Waals surface area contributed by atoms with Crippen LogP contribution >= 0.6 is 23.8 Å². The molecule has 27 heavy (non-hydrogen) atoms. The van der Waals surface area contributed by atoms with Crippen molar-refractivity contribution >= 4 is 38.8 Å². The Morgan fingerprint density at radius 1 is 0.926 bits per heavy atom. The molecule has 0 radical (unpaired) electrons. The summed E-state index contributed by atoms with van der Waals surface area (Å²) in [5.74, 6) is 0.0388. The molecule has 0 bridgehead atoms. The molecule has 0 aromatic heterocycles. The molecule has 4 nitrogen and oxygen atoms in total. The van der Waals surface area contributed by atoms with Crippen molar-refractivity contribution in [2.24, 2.45) is 0 Å². The van der Waals surface area contributed by atoms with Crippen molar-refractivity contribution in [3.63, 3.8) is 0 Å². The Kier molecular flexibility index (Phi) is 13.7. The van der Waals surface area contributed by atoms with E-state index in [4.69, 9.17) is 28.6 Å². The van der Waals surface area contributed by atoms with Crippen molar-refractivity contribution in [3.05, 3.63) is 0 Å². The van der Waals surface area contributed by atoms with Crippen LogP contribution in [0, 0.1) is 0 Å². The molecule has 1 N–H and O–H groups in total. The predicted octanol–water partition coefficient (Wildman–Crippen LogP) is 5.37. The summed E-state index contributed by atoms with van der Waals surface area (Å²) in [5, 5.41) is 2.76. The van der Waals surface area contributed by atoms with Crippen molar-refractivity contribution < 1.29 is 13.2 Å². The molecule has 0 spiro atoms. The van der Waals surface area contributed by atoms with E-state index < -0.39 is 15.2 Å². The monoisotopic (exact) mass is 439 g/mol. The van der Waals surface area contributed by atoms with Gasteiger partial charge in [-0.05, 0) is 18.6 Å². The fraction of sp³-hybridized carbons (Fsp3) is 0.950. The number of rotatable bonds is 15. The summed E-state index contributed by atoms with van der Waals surface area (Å²) in [6.45, 7) is 2.84. The van der Waals surface area contributed by atoms with Crippen LogP contribution in [0.4, 0.5) is 0 Å². The lowest BCUT2D eigenvalue weighted by Crippen LogP contribution is -2.40. The SMILES string of the molecule is CCCCCCCCCCCCCCCOC(=S)NC1CS(=O)(=O)CC1Cl. The summed E-state index contributed by atoms with van der Waals surface area (Å²) in [6.07, 6.45) is 17.1. The summed E-state index contributed by atoms with van der Waals surface area (Å²) in [4.78, 5) is 0. The van der Waals surface area contributed by atoms with Crippen LogP contribution in [-0.4, -0.2) is 43.1 Å². The third-order valence-corrected chi connectivity index (χ3v) is 7.68. The van der Waals surface area contributed by atoms with E-state index >= 15 is 0 Å². The highest BCUT2D eigenvalue weighted by Gasteiger charge is 2.36. The summed E-state index contributed by atoms with van der Waals surface area (Å²) in [5.41, 5.74) is 0. The number of nitrogens with one attached hydrogen (secondary N) is 1. The molecule has 0 aromatic rings. The largest absolute Gasteiger partial charge is 0.471 e. The van der Waals surface area contributed by atoms with Gasteiger partial charge in [-0.3, -0.25) is 0 Å². The number of ether oxygens (including phenoxy) is 1. The van der Waals surface area contributed by atoms with Crippen molar-refractivity contribution in [2.45, 2.75) is 102 Å². The van der Waals surface area contributed by atoms with E-state index in [1.165, 1.54) is 70.6 Å². The second-order valence-corrected chi connectivity index (χ2v) is 10.8. The van der Waals surface area contributed by atoms with Gasteiger partial charge in [-0.15, -0.1) is 11.6 Å². The zero-order chi connectivity index (χ0) is 20.0. The van der Waals surface area contributed by atoms with Crippen LogP contribution in [0.3, 0.4) is 0 Å². The van der Waals surface area contributed by atoms with Crippen molar-refractivity contribution in [2.75, 3.05) is 18.1 Å². The van der Waals surface area contributed by atoms with Gasteiger partial charge in [0.25, 0.3) is 5.17 Å². The van der Waals surface area contributed by atoms with Gasteiger partial charge in [-0.2, -0.15) is 0 Å². The minimum Gasteiger partial charge on any atom is -0.471 e. The maximum Gasteiger partial charge on any atom is 0.256 e. The summed E-state index contributed by atoms with van der Waals surface area (Å²) >= 11 is 11.2. The van der Waals surface area contributed by atoms with Crippen molar-refractivity contribution in [3.8, 4) is 0 Å². The molecule has 0 aliphatic carbocycles. The fourth-order valence-electron chi connectivity index (χ4n) is 3.41. The Labute approximate surface area is 177 Å². The molecule has 1 saturated heterocycles. The summed E-state index contributed by atoms with van der Waals surface area (Å²) in [6, 6.07) is -0.337. The quantitative estimate of drug-likeness (QED) is 0.211. The molecule has 0 saturated carbocycles. The van der Waals surface area contributed by atoms with Gasteiger partial charge in [0.05, 0.1) is 29.5 Å². The van der Waals surface area contributed by atoms with Crippen LogP contribution in [-0.2, 0) is 14.6 Å². The Morgan fingerprint density at radius 3 is 1.85 bits per heavy atom. The molecule has 1 heterocycles. The van der Waals surface area contributed by atoms with E-state index in [1.54, 1.807) is 0 Å². The van der Waals surface area contributed by atoms with E-state index in [2.05, 4.69) is 12.2 Å². The van der Waals surface area contributed by atoms with Gasteiger partial charge in [0, 0.05) is 0 Å². The van der Waals surface area contributed by atoms with Crippen LogP contribution in [0.1, 0.15) is 90.4 Å². The lowest BCUT2D eigenvalue weighted by molar-refractivity contribution is 0.283. The number of thiocarbonyl (C=S) groups is 1. The zero-order valence-electron chi connectivity index (χ0n) is 16.9. The highest BCUT2D eigenvalue weighted by atomic mass is 35.5. The molecule has 1 aliphatic rings. The molecule has 0 amide bonds. The summed E-state index contributed by atoms with van der Waals surface area (Å²) < 4.78 is 28.5. The van der Waals surface area contributed by atoms with Gasteiger partial charge in [0.2, 0.25) is 0 Å². The van der Waals surface area contributed by atoms with Crippen LogP contribution in [0.15, 0.2) is 0 Å². The number of alkyl halides is 1. The van der Waals surface area contributed by atoms with Crippen LogP contribution < -0.4 is 5.32 Å². The van der Waals surface area contributed by atoms with Gasteiger partial charge < -0.3 is 10.1 Å². The second-order valence-electron chi connectivity index (χ2n) is 7.72. The molecule has 2 atom stereocenters. The number of sulfone groups is 1. The normalized spacial score (nSPS) is 21.3. The minimum atomic E-state index is -3.05. The predicted molar refractivity (Wildman–Crippen MR) is 119 cm³/mol. The molecular weight excluding hydrogens is 402 g/mol. The van der Waals surface area contributed by atoms with Gasteiger partial charge in [0.15, 0.2) is 9.84 Å². The number of unbranched alkanes of at least 4 members (excludes halogenated alkanes) is 12. The fourth-order valence-corrected chi connectivity index (χ4v) is 6.20.